The van der Waals surface area contributed by atoms with Crippen molar-refractivity contribution < 1.29 is 4.39 Å². The van der Waals surface area contributed by atoms with Gasteiger partial charge in [-0.3, -0.25) is 4.57 Å². The summed E-state index contributed by atoms with van der Waals surface area (Å²) in [4.78, 5) is 0. The summed E-state index contributed by atoms with van der Waals surface area (Å²) in [6.07, 6.45) is 0. The number of hydrogen-bond donors (Lipinski definition) is 0. The van der Waals surface area contributed by atoms with Crippen molar-refractivity contribution in [3.05, 3.63) is 95.3 Å². The van der Waals surface area contributed by atoms with Crippen LogP contribution in [-0.2, 0) is 5.75 Å². The van der Waals surface area contributed by atoms with E-state index < -0.39 is 0 Å². The molecule has 0 bridgehead atoms. The van der Waals surface area contributed by atoms with Crippen LogP contribution in [0.5, 0.6) is 0 Å². The van der Waals surface area contributed by atoms with E-state index in [0.717, 1.165) is 33.4 Å². The number of hydrogen-bond acceptors (Lipinski definition) is 3. The van der Waals surface area contributed by atoms with Gasteiger partial charge in [-0.25, -0.2) is 4.39 Å². The Morgan fingerprint density at radius 3 is 2.25 bits per heavy atom. The van der Waals surface area contributed by atoms with E-state index >= 15 is 0 Å². The second-order valence-corrected chi connectivity index (χ2v) is 7.57. The van der Waals surface area contributed by atoms with Gasteiger partial charge in [-0.1, -0.05) is 72.4 Å². The Balaban J connectivity index is 1.80. The van der Waals surface area contributed by atoms with Crippen LogP contribution in [0.1, 0.15) is 16.7 Å². The van der Waals surface area contributed by atoms with E-state index in [9.17, 15) is 4.39 Å². The maximum atomic E-state index is 14.0. The number of para-hydroxylation sites is 1. The monoisotopic (exact) mass is 389 g/mol. The average molecular weight is 389 g/mol. The van der Waals surface area contributed by atoms with E-state index in [1.54, 1.807) is 12.1 Å². The van der Waals surface area contributed by atoms with Crippen LogP contribution in [0.3, 0.4) is 0 Å². The SMILES string of the molecule is Cc1ccccc1-c1nnc(SCc2ccccc2F)n1-c1ccccc1C. The molecule has 0 saturated heterocycles. The van der Waals surface area contributed by atoms with Gasteiger partial charge in [0.25, 0.3) is 0 Å². The molecule has 1 aromatic heterocycles. The highest BCUT2D eigenvalue weighted by Gasteiger charge is 2.19. The summed E-state index contributed by atoms with van der Waals surface area (Å²) in [5, 5.41) is 9.69. The molecule has 28 heavy (non-hydrogen) atoms. The summed E-state index contributed by atoms with van der Waals surface area (Å²) in [7, 11) is 0. The fraction of sp³-hybridized carbons (Fsp3) is 0.130. The van der Waals surface area contributed by atoms with Gasteiger partial charge in [0.1, 0.15) is 5.82 Å². The first-order valence-corrected chi connectivity index (χ1v) is 10.1. The lowest BCUT2D eigenvalue weighted by Crippen LogP contribution is -2.02. The molecule has 0 aliphatic rings. The van der Waals surface area contributed by atoms with Gasteiger partial charge in [-0.05, 0) is 42.7 Å². The minimum Gasteiger partial charge on any atom is -0.270 e. The van der Waals surface area contributed by atoms with Crippen molar-refractivity contribution in [3.8, 4) is 17.1 Å². The predicted octanol–water partition coefficient (Wildman–Crippen LogP) is 5.98. The number of thioether (sulfide) groups is 1. The quantitative estimate of drug-likeness (QED) is 0.393. The molecule has 1 heterocycles. The van der Waals surface area contributed by atoms with Crippen LogP contribution in [0.2, 0.25) is 0 Å². The van der Waals surface area contributed by atoms with Crippen molar-refractivity contribution in [2.45, 2.75) is 24.8 Å². The van der Waals surface area contributed by atoms with Gasteiger partial charge in [-0.2, -0.15) is 0 Å². The summed E-state index contributed by atoms with van der Waals surface area (Å²) in [5.41, 5.74) is 4.99. The lowest BCUT2D eigenvalue weighted by molar-refractivity contribution is 0.617. The summed E-state index contributed by atoms with van der Waals surface area (Å²) in [5.74, 6) is 1.09. The van der Waals surface area contributed by atoms with Gasteiger partial charge in [0.2, 0.25) is 0 Å². The third-order valence-electron chi connectivity index (χ3n) is 4.69. The van der Waals surface area contributed by atoms with Gasteiger partial charge >= 0.3 is 0 Å². The second kappa shape index (κ2) is 7.98. The molecule has 0 amide bonds. The topological polar surface area (TPSA) is 30.7 Å². The maximum Gasteiger partial charge on any atom is 0.196 e. The highest BCUT2D eigenvalue weighted by molar-refractivity contribution is 7.98. The lowest BCUT2D eigenvalue weighted by Gasteiger charge is -2.14. The fourth-order valence-corrected chi connectivity index (χ4v) is 4.08. The highest BCUT2D eigenvalue weighted by Crippen LogP contribution is 2.32. The number of aryl methyl sites for hydroxylation is 2. The summed E-state index contributed by atoms with van der Waals surface area (Å²) >= 11 is 1.49. The molecule has 4 rings (SSSR count). The van der Waals surface area contributed by atoms with Gasteiger partial charge < -0.3 is 0 Å². The van der Waals surface area contributed by atoms with Crippen molar-refractivity contribution in [2.75, 3.05) is 0 Å². The minimum atomic E-state index is -0.198. The molecular weight excluding hydrogens is 369 g/mol. The van der Waals surface area contributed by atoms with E-state index in [0.29, 0.717) is 11.3 Å². The molecule has 0 aliphatic heterocycles. The molecule has 0 N–H and O–H groups in total. The Hall–Kier alpha value is -2.92. The van der Waals surface area contributed by atoms with Crippen LogP contribution in [0, 0.1) is 19.7 Å². The molecule has 0 unspecified atom stereocenters. The Labute approximate surface area is 168 Å². The van der Waals surface area contributed by atoms with Gasteiger partial charge in [0.15, 0.2) is 11.0 Å². The Morgan fingerprint density at radius 2 is 1.50 bits per heavy atom. The zero-order valence-corrected chi connectivity index (χ0v) is 16.6. The molecule has 5 heteroatoms. The number of aromatic nitrogens is 3. The molecule has 140 valence electrons. The Bertz CT molecular complexity index is 1120. The summed E-state index contributed by atoms with van der Waals surface area (Å²) in [6, 6.07) is 23.2. The van der Waals surface area contributed by atoms with E-state index in [1.165, 1.54) is 17.8 Å². The van der Waals surface area contributed by atoms with Crippen LogP contribution >= 0.6 is 11.8 Å². The van der Waals surface area contributed by atoms with E-state index in [2.05, 4.69) is 52.9 Å². The standard InChI is InChI=1S/C23H20FN3S/c1-16-9-3-6-12-19(16)22-25-26-23(27(22)21-14-8-4-10-17(21)2)28-15-18-11-5-7-13-20(18)24/h3-14H,15H2,1-2H3. The van der Waals surface area contributed by atoms with Gasteiger partial charge in [0.05, 0.1) is 5.69 Å². The van der Waals surface area contributed by atoms with E-state index in [4.69, 9.17) is 0 Å². The minimum absolute atomic E-state index is 0.198. The van der Waals surface area contributed by atoms with E-state index in [1.807, 2.05) is 30.3 Å². The first kappa shape index (κ1) is 18.4. The third kappa shape index (κ3) is 3.58. The predicted molar refractivity (Wildman–Crippen MR) is 112 cm³/mol. The van der Waals surface area contributed by atoms with Gasteiger partial charge in [-0.15, -0.1) is 10.2 Å². The van der Waals surface area contributed by atoms with Crippen molar-refractivity contribution in [1.29, 1.82) is 0 Å². The molecular formula is C23H20FN3S. The Kier molecular flexibility index (Phi) is 5.26. The molecule has 3 aromatic carbocycles. The molecule has 0 saturated carbocycles. The molecule has 4 aromatic rings. The smallest absolute Gasteiger partial charge is 0.196 e. The third-order valence-corrected chi connectivity index (χ3v) is 5.67. The highest BCUT2D eigenvalue weighted by atomic mass is 32.2. The van der Waals surface area contributed by atoms with Crippen molar-refractivity contribution in [3.63, 3.8) is 0 Å². The number of nitrogens with zero attached hydrogens (tertiary/aromatic N) is 3. The fourth-order valence-electron chi connectivity index (χ4n) is 3.15. The largest absolute Gasteiger partial charge is 0.270 e. The summed E-state index contributed by atoms with van der Waals surface area (Å²) in [6.45, 7) is 4.14. The number of rotatable bonds is 5. The lowest BCUT2D eigenvalue weighted by atomic mass is 10.1. The zero-order chi connectivity index (χ0) is 19.5. The van der Waals surface area contributed by atoms with Crippen LogP contribution in [0.25, 0.3) is 17.1 Å². The molecule has 0 radical (unpaired) electrons. The molecule has 0 fully saturated rings. The molecule has 0 aliphatic carbocycles. The first-order chi connectivity index (χ1) is 13.6. The van der Waals surface area contributed by atoms with Gasteiger partial charge in [0, 0.05) is 11.3 Å². The first-order valence-electron chi connectivity index (χ1n) is 9.09. The Morgan fingerprint density at radius 1 is 0.821 bits per heavy atom. The van der Waals surface area contributed by atoms with Crippen LogP contribution in [-0.4, -0.2) is 14.8 Å². The molecule has 0 spiro atoms. The van der Waals surface area contributed by atoms with E-state index in [-0.39, 0.29) is 5.82 Å². The van der Waals surface area contributed by atoms with Crippen LogP contribution in [0.15, 0.2) is 78.0 Å². The van der Waals surface area contributed by atoms with Crippen molar-refractivity contribution in [1.82, 2.24) is 14.8 Å². The maximum absolute atomic E-state index is 14.0. The zero-order valence-electron chi connectivity index (χ0n) is 15.8. The van der Waals surface area contributed by atoms with Crippen molar-refractivity contribution in [2.24, 2.45) is 0 Å². The second-order valence-electron chi connectivity index (χ2n) is 6.62. The number of benzene rings is 3. The summed E-state index contributed by atoms with van der Waals surface area (Å²) < 4.78 is 16.1. The van der Waals surface area contributed by atoms with Crippen LogP contribution in [0.4, 0.5) is 4.39 Å². The average Bonchev–Trinajstić information content (AvgIpc) is 3.11. The normalized spacial score (nSPS) is 11.0. The molecule has 3 nitrogen and oxygen atoms in total. The number of halogens is 1. The molecule has 0 atom stereocenters. The van der Waals surface area contributed by atoms with Crippen molar-refractivity contribution >= 4 is 11.8 Å². The van der Waals surface area contributed by atoms with Crippen LogP contribution < -0.4 is 0 Å².